The first kappa shape index (κ1) is 21.5. The van der Waals surface area contributed by atoms with Crippen LogP contribution >= 0.6 is 24.0 Å². The lowest BCUT2D eigenvalue weighted by Crippen LogP contribution is -2.41. The fourth-order valence-corrected chi connectivity index (χ4v) is 2.60. The van der Waals surface area contributed by atoms with Crippen LogP contribution in [0.25, 0.3) is 0 Å². The Balaban J connectivity index is 0.00000441. The lowest BCUT2D eigenvalue weighted by atomic mass is 10.0. The number of rotatable bonds is 7. The second-order valence-corrected chi connectivity index (χ2v) is 6.51. The third-order valence-electron chi connectivity index (χ3n) is 3.91. The number of likely N-dealkylation sites (tertiary alicyclic amines) is 1. The number of hydrogen-bond acceptors (Lipinski definition) is 2. The lowest BCUT2D eigenvalue weighted by molar-refractivity contribution is -0.130. The van der Waals surface area contributed by atoms with Gasteiger partial charge in [-0.15, -0.1) is 24.0 Å². The Bertz CT molecular complexity index is 341. The summed E-state index contributed by atoms with van der Waals surface area (Å²) in [5, 5.41) is 3.17. The summed E-state index contributed by atoms with van der Waals surface area (Å²) >= 11 is 0. The minimum Gasteiger partial charge on any atom is -0.370 e. The van der Waals surface area contributed by atoms with Gasteiger partial charge in [-0.25, -0.2) is 4.99 Å². The number of nitrogens with two attached hydrogens (primary N) is 1. The number of carbonyl (C=O) groups excluding carboxylic acids is 1. The number of hydrogen-bond donors (Lipinski definition) is 2. The predicted molar refractivity (Wildman–Crippen MR) is 104 cm³/mol. The quantitative estimate of drug-likeness (QED) is 0.375. The summed E-state index contributed by atoms with van der Waals surface area (Å²) < 4.78 is 0. The number of guanidine groups is 1. The molecule has 1 atom stereocenters. The first-order chi connectivity index (χ1) is 9.99. The molecule has 0 bridgehead atoms. The van der Waals surface area contributed by atoms with Crippen molar-refractivity contribution < 1.29 is 4.79 Å². The molecular formula is C16H33IN4O. The minimum atomic E-state index is 0. The van der Waals surface area contributed by atoms with Crippen molar-refractivity contribution in [2.75, 3.05) is 19.6 Å². The SMILES string of the molecule is CC(C)CCCC(C)NC(N)=NCC(=O)N1CCCCC1.I. The molecule has 0 aliphatic carbocycles. The van der Waals surface area contributed by atoms with Crippen molar-refractivity contribution in [1.82, 2.24) is 10.2 Å². The van der Waals surface area contributed by atoms with Gasteiger partial charge in [0.15, 0.2) is 5.96 Å². The smallest absolute Gasteiger partial charge is 0.244 e. The second-order valence-electron chi connectivity index (χ2n) is 6.51. The van der Waals surface area contributed by atoms with Gasteiger partial charge in [-0.1, -0.05) is 26.7 Å². The summed E-state index contributed by atoms with van der Waals surface area (Å²) in [4.78, 5) is 18.0. The van der Waals surface area contributed by atoms with Crippen LogP contribution in [0.4, 0.5) is 0 Å². The van der Waals surface area contributed by atoms with Gasteiger partial charge in [-0.05, 0) is 38.5 Å². The van der Waals surface area contributed by atoms with Crippen LogP contribution in [-0.4, -0.2) is 42.4 Å². The van der Waals surface area contributed by atoms with Gasteiger partial charge in [0, 0.05) is 19.1 Å². The van der Waals surface area contributed by atoms with Gasteiger partial charge >= 0.3 is 0 Å². The molecule has 5 nitrogen and oxygen atoms in total. The number of piperidine rings is 1. The highest BCUT2D eigenvalue weighted by Gasteiger charge is 2.15. The van der Waals surface area contributed by atoms with E-state index < -0.39 is 0 Å². The van der Waals surface area contributed by atoms with Crippen LogP contribution in [0, 0.1) is 5.92 Å². The van der Waals surface area contributed by atoms with Gasteiger partial charge in [-0.2, -0.15) is 0 Å². The van der Waals surface area contributed by atoms with Crippen molar-refractivity contribution >= 4 is 35.8 Å². The molecule has 0 aromatic heterocycles. The fourth-order valence-electron chi connectivity index (χ4n) is 2.60. The molecule has 1 heterocycles. The fraction of sp³-hybridized carbons (Fsp3) is 0.875. The van der Waals surface area contributed by atoms with Crippen LogP contribution in [0.5, 0.6) is 0 Å². The van der Waals surface area contributed by atoms with Crippen LogP contribution in [0.15, 0.2) is 4.99 Å². The highest BCUT2D eigenvalue weighted by Crippen LogP contribution is 2.09. The van der Waals surface area contributed by atoms with Gasteiger partial charge in [0.25, 0.3) is 0 Å². The molecule has 0 aromatic rings. The highest BCUT2D eigenvalue weighted by atomic mass is 127. The van der Waals surface area contributed by atoms with Gasteiger partial charge < -0.3 is 16.0 Å². The summed E-state index contributed by atoms with van der Waals surface area (Å²) in [6.07, 6.45) is 6.94. The van der Waals surface area contributed by atoms with E-state index in [1.54, 1.807) is 0 Å². The molecule has 3 N–H and O–H groups in total. The Morgan fingerprint density at radius 2 is 1.82 bits per heavy atom. The van der Waals surface area contributed by atoms with Crippen molar-refractivity contribution in [2.45, 2.75) is 65.3 Å². The second kappa shape index (κ2) is 12.0. The Hall–Kier alpha value is -0.530. The van der Waals surface area contributed by atoms with E-state index in [0.717, 1.165) is 38.3 Å². The van der Waals surface area contributed by atoms with E-state index in [4.69, 9.17) is 5.73 Å². The molecule has 130 valence electrons. The number of halogens is 1. The molecule has 1 unspecified atom stereocenters. The number of nitrogens with zero attached hydrogens (tertiary/aromatic N) is 2. The van der Waals surface area contributed by atoms with Crippen molar-refractivity contribution in [2.24, 2.45) is 16.6 Å². The largest absolute Gasteiger partial charge is 0.370 e. The zero-order chi connectivity index (χ0) is 15.7. The van der Waals surface area contributed by atoms with Gasteiger partial charge in [-0.3, -0.25) is 4.79 Å². The van der Waals surface area contributed by atoms with Crippen LogP contribution in [0.1, 0.15) is 59.3 Å². The molecule has 0 spiro atoms. The van der Waals surface area contributed by atoms with Crippen molar-refractivity contribution in [1.29, 1.82) is 0 Å². The third-order valence-corrected chi connectivity index (χ3v) is 3.91. The van der Waals surface area contributed by atoms with Crippen molar-refractivity contribution in [3.05, 3.63) is 0 Å². The van der Waals surface area contributed by atoms with E-state index >= 15 is 0 Å². The van der Waals surface area contributed by atoms with Crippen LogP contribution in [-0.2, 0) is 4.79 Å². The van der Waals surface area contributed by atoms with Crippen LogP contribution < -0.4 is 11.1 Å². The maximum Gasteiger partial charge on any atom is 0.244 e. The maximum absolute atomic E-state index is 12.0. The molecule has 1 fully saturated rings. The van der Waals surface area contributed by atoms with E-state index in [-0.39, 0.29) is 36.4 Å². The average Bonchev–Trinajstić information content (AvgIpc) is 2.45. The molecule has 1 amide bonds. The number of amides is 1. The molecule has 0 aromatic carbocycles. The summed E-state index contributed by atoms with van der Waals surface area (Å²) in [6.45, 7) is 8.48. The van der Waals surface area contributed by atoms with E-state index in [0.29, 0.717) is 12.0 Å². The van der Waals surface area contributed by atoms with Crippen LogP contribution in [0.3, 0.4) is 0 Å². The molecular weight excluding hydrogens is 391 g/mol. The summed E-state index contributed by atoms with van der Waals surface area (Å²) in [7, 11) is 0. The molecule has 0 radical (unpaired) electrons. The zero-order valence-electron chi connectivity index (χ0n) is 14.3. The summed E-state index contributed by atoms with van der Waals surface area (Å²) in [5.74, 6) is 1.22. The standard InChI is InChI=1S/C16H32N4O.HI/c1-13(2)8-7-9-14(3)19-16(17)18-12-15(21)20-10-5-4-6-11-20;/h13-14H,4-12H2,1-3H3,(H3,17,18,19);1H. The molecule has 22 heavy (non-hydrogen) atoms. The van der Waals surface area contributed by atoms with Crippen molar-refractivity contribution in [3.8, 4) is 0 Å². The maximum atomic E-state index is 12.0. The molecule has 1 saturated heterocycles. The Kier molecular flexibility index (Phi) is 11.7. The minimum absolute atomic E-state index is 0. The molecule has 1 aliphatic rings. The Labute approximate surface area is 152 Å². The molecule has 1 rings (SSSR count). The first-order valence-electron chi connectivity index (χ1n) is 8.33. The molecule has 6 heteroatoms. The normalized spacial score (nSPS) is 17.1. The van der Waals surface area contributed by atoms with Gasteiger partial charge in [0.05, 0.1) is 0 Å². The van der Waals surface area contributed by atoms with E-state index in [2.05, 4.69) is 31.1 Å². The number of nitrogens with one attached hydrogen (secondary N) is 1. The van der Waals surface area contributed by atoms with Crippen LogP contribution in [0.2, 0.25) is 0 Å². The Morgan fingerprint density at radius 3 is 2.41 bits per heavy atom. The number of aliphatic imine (C=N–C) groups is 1. The molecule has 0 saturated carbocycles. The summed E-state index contributed by atoms with van der Waals surface area (Å²) in [5.41, 5.74) is 5.85. The number of carbonyl (C=O) groups is 1. The zero-order valence-corrected chi connectivity index (χ0v) is 16.6. The van der Waals surface area contributed by atoms with E-state index in [9.17, 15) is 4.79 Å². The first-order valence-corrected chi connectivity index (χ1v) is 8.33. The third kappa shape index (κ3) is 9.48. The topological polar surface area (TPSA) is 70.7 Å². The van der Waals surface area contributed by atoms with E-state index in [1.807, 2.05) is 4.90 Å². The van der Waals surface area contributed by atoms with Gasteiger partial charge in [0.1, 0.15) is 6.54 Å². The van der Waals surface area contributed by atoms with Gasteiger partial charge in [0.2, 0.25) is 5.91 Å². The molecule has 1 aliphatic heterocycles. The lowest BCUT2D eigenvalue weighted by Gasteiger charge is -2.26. The highest BCUT2D eigenvalue weighted by molar-refractivity contribution is 14.0. The summed E-state index contributed by atoms with van der Waals surface area (Å²) in [6, 6.07) is 0.303. The van der Waals surface area contributed by atoms with Crippen molar-refractivity contribution in [3.63, 3.8) is 0 Å². The Morgan fingerprint density at radius 1 is 1.18 bits per heavy atom. The average molecular weight is 424 g/mol. The predicted octanol–water partition coefficient (Wildman–Crippen LogP) is 2.74. The monoisotopic (exact) mass is 424 g/mol. The van der Waals surface area contributed by atoms with E-state index in [1.165, 1.54) is 19.3 Å².